The summed E-state index contributed by atoms with van der Waals surface area (Å²) < 4.78 is 26.8. The van der Waals surface area contributed by atoms with Crippen LogP contribution in [0.5, 0.6) is 5.75 Å². The highest BCUT2D eigenvalue weighted by molar-refractivity contribution is 5.93. The van der Waals surface area contributed by atoms with Crippen molar-refractivity contribution < 1.29 is 23.4 Å². The van der Waals surface area contributed by atoms with Gasteiger partial charge in [-0.15, -0.1) is 0 Å². The first-order valence-corrected chi connectivity index (χ1v) is 10.3. The van der Waals surface area contributed by atoms with E-state index in [2.05, 4.69) is 10.3 Å². The Hall–Kier alpha value is -3.71. The van der Waals surface area contributed by atoms with Gasteiger partial charge in [0.1, 0.15) is 17.9 Å². The highest BCUT2D eigenvalue weighted by Gasteiger charge is 2.17. The molecule has 0 aliphatic carbocycles. The van der Waals surface area contributed by atoms with E-state index in [-0.39, 0.29) is 13.0 Å². The lowest BCUT2D eigenvalue weighted by atomic mass is 10.00. The van der Waals surface area contributed by atoms with Gasteiger partial charge in [-0.3, -0.25) is 9.78 Å². The quantitative estimate of drug-likeness (QED) is 0.388. The summed E-state index contributed by atoms with van der Waals surface area (Å²) in [6, 6.07) is 14.2. The molecule has 0 bridgehead atoms. The number of nitrogens with zero attached hydrogens (tertiary/aromatic N) is 1. The molecule has 0 unspecified atom stereocenters. The van der Waals surface area contributed by atoms with Crippen LogP contribution >= 0.6 is 0 Å². The van der Waals surface area contributed by atoms with Crippen LogP contribution in [0.1, 0.15) is 23.7 Å². The van der Waals surface area contributed by atoms with Gasteiger partial charge in [-0.05, 0) is 42.4 Å². The summed E-state index contributed by atoms with van der Waals surface area (Å²) in [5.74, 6) is -0.813. The zero-order valence-electron chi connectivity index (χ0n) is 17.6. The third-order valence-electron chi connectivity index (χ3n) is 5.11. The number of hydrogen-bond donors (Lipinski definition) is 2. The molecule has 164 valence electrons. The van der Waals surface area contributed by atoms with Gasteiger partial charge >= 0.3 is 5.97 Å². The van der Waals surface area contributed by atoms with Crippen LogP contribution in [-0.4, -0.2) is 22.6 Å². The number of hydrogen-bond acceptors (Lipinski definition) is 5. The van der Waals surface area contributed by atoms with Crippen molar-refractivity contribution >= 4 is 16.9 Å². The standard InChI is InChI=1S/C25H23FN2O4/c1-2-27-14-21-24(26)19(7-9-28-21)20-12-16(11-18-8-10-31-25(18)20)15-32-22-6-4-3-5-17(22)13-23(29)30/h3-12,27H,2,13-15H2,1H3,(H,29,30). The molecule has 0 saturated carbocycles. The summed E-state index contributed by atoms with van der Waals surface area (Å²) in [4.78, 5) is 15.3. The number of pyridine rings is 1. The van der Waals surface area contributed by atoms with Gasteiger partial charge in [0.25, 0.3) is 0 Å². The molecule has 2 heterocycles. The number of para-hydroxylation sites is 1. The maximum absolute atomic E-state index is 15.2. The maximum Gasteiger partial charge on any atom is 0.307 e. The number of carboxylic acid groups (broad SMARTS) is 1. The fourth-order valence-electron chi connectivity index (χ4n) is 3.60. The number of fused-ring (bicyclic) bond motifs is 1. The molecule has 7 heteroatoms. The molecule has 0 aliphatic heterocycles. The van der Waals surface area contributed by atoms with E-state index in [4.69, 9.17) is 14.3 Å². The number of benzene rings is 2. The largest absolute Gasteiger partial charge is 0.489 e. The lowest BCUT2D eigenvalue weighted by molar-refractivity contribution is -0.136. The van der Waals surface area contributed by atoms with Crippen molar-refractivity contribution in [2.24, 2.45) is 0 Å². The second-order valence-corrected chi connectivity index (χ2v) is 7.35. The van der Waals surface area contributed by atoms with E-state index in [1.165, 1.54) is 0 Å². The number of halogens is 1. The Morgan fingerprint density at radius 1 is 1.19 bits per heavy atom. The molecular weight excluding hydrogens is 411 g/mol. The summed E-state index contributed by atoms with van der Waals surface area (Å²) in [5.41, 5.74) is 3.35. The number of carboxylic acids is 1. The van der Waals surface area contributed by atoms with Crippen LogP contribution < -0.4 is 10.1 Å². The highest BCUT2D eigenvalue weighted by Crippen LogP contribution is 2.33. The molecule has 0 aliphatic rings. The van der Waals surface area contributed by atoms with E-state index < -0.39 is 11.8 Å². The third kappa shape index (κ3) is 4.63. The Morgan fingerprint density at radius 3 is 2.84 bits per heavy atom. The Balaban J connectivity index is 1.68. The molecule has 0 saturated heterocycles. The number of aliphatic carboxylic acids is 1. The average Bonchev–Trinajstić information content (AvgIpc) is 3.26. The SMILES string of the molecule is CCNCc1nccc(-c2cc(COc3ccccc3CC(=O)O)cc3ccoc23)c1F. The number of furan rings is 1. The van der Waals surface area contributed by atoms with Crippen LogP contribution in [0.25, 0.3) is 22.1 Å². The molecular formula is C25H23FN2O4. The van der Waals surface area contributed by atoms with Gasteiger partial charge in [-0.1, -0.05) is 25.1 Å². The zero-order valence-corrected chi connectivity index (χ0v) is 17.6. The van der Waals surface area contributed by atoms with Crippen LogP contribution in [-0.2, 0) is 24.4 Å². The monoisotopic (exact) mass is 434 g/mol. The summed E-state index contributed by atoms with van der Waals surface area (Å²) >= 11 is 0. The smallest absolute Gasteiger partial charge is 0.307 e. The Kier molecular flexibility index (Phi) is 6.47. The molecule has 2 N–H and O–H groups in total. The minimum absolute atomic E-state index is 0.126. The first-order chi connectivity index (χ1) is 15.6. The van der Waals surface area contributed by atoms with Crippen molar-refractivity contribution in [3.63, 3.8) is 0 Å². The van der Waals surface area contributed by atoms with Crippen molar-refractivity contribution in [2.75, 3.05) is 6.54 Å². The summed E-state index contributed by atoms with van der Waals surface area (Å²) in [5, 5.41) is 13.0. The number of rotatable bonds is 9. The van der Waals surface area contributed by atoms with Crippen molar-refractivity contribution in [2.45, 2.75) is 26.5 Å². The van der Waals surface area contributed by atoms with Crippen molar-refractivity contribution in [1.29, 1.82) is 0 Å². The van der Waals surface area contributed by atoms with Gasteiger partial charge in [0.2, 0.25) is 0 Å². The van der Waals surface area contributed by atoms with Gasteiger partial charge in [-0.25, -0.2) is 4.39 Å². The van der Waals surface area contributed by atoms with E-state index >= 15 is 4.39 Å². The lowest BCUT2D eigenvalue weighted by Gasteiger charge is -2.13. The predicted molar refractivity (Wildman–Crippen MR) is 119 cm³/mol. The molecule has 0 radical (unpaired) electrons. The average molecular weight is 434 g/mol. The molecule has 4 aromatic rings. The first kappa shape index (κ1) is 21.5. The van der Waals surface area contributed by atoms with Crippen molar-refractivity contribution in [1.82, 2.24) is 10.3 Å². The van der Waals surface area contributed by atoms with Gasteiger partial charge in [-0.2, -0.15) is 0 Å². The highest BCUT2D eigenvalue weighted by atomic mass is 19.1. The molecule has 0 atom stereocenters. The van der Waals surface area contributed by atoms with Crippen LogP contribution in [0, 0.1) is 5.82 Å². The summed E-state index contributed by atoms with van der Waals surface area (Å²) in [6.07, 6.45) is 3.03. The van der Waals surface area contributed by atoms with Gasteiger partial charge in [0, 0.05) is 34.8 Å². The third-order valence-corrected chi connectivity index (χ3v) is 5.11. The van der Waals surface area contributed by atoms with Crippen LogP contribution in [0.4, 0.5) is 4.39 Å². The molecule has 32 heavy (non-hydrogen) atoms. The van der Waals surface area contributed by atoms with E-state index in [0.29, 0.717) is 46.8 Å². The zero-order chi connectivity index (χ0) is 22.5. The Labute approximate surface area is 184 Å². The maximum atomic E-state index is 15.2. The predicted octanol–water partition coefficient (Wildman–Crippen LogP) is 4.95. The van der Waals surface area contributed by atoms with E-state index in [0.717, 1.165) is 10.9 Å². The fourth-order valence-corrected chi connectivity index (χ4v) is 3.60. The van der Waals surface area contributed by atoms with Crippen molar-refractivity contribution in [3.05, 3.63) is 83.6 Å². The number of nitrogens with one attached hydrogen (secondary N) is 1. The normalized spacial score (nSPS) is 11.1. The lowest BCUT2D eigenvalue weighted by Crippen LogP contribution is -2.14. The van der Waals surface area contributed by atoms with Gasteiger partial charge < -0.3 is 19.6 Å². The molecule has 6 nitrogen and oxygen atoms in total. The van der Waals surface area contributed by atoms with Crippen LogP contribution in [0.2, 0.25) is 0 Å². The topological polar surface area (TPSA) is 84.6 Å². The summed E-state index contributed by atoms with van der Waals surface area (Å²) in [7, 11) is 0. The van der Waals surface area contributed by atoms with E-state index in [1.807, 2.05) is 25.1 Å². The second-order valence-electron chi connectivity index (χ2n) is 7.35. The van der Waals surface area contributed by atoms with Crippen molar-refractivity contribution in [3.8, 4) is 16.9 Å². The van der Waals surface area contributed by atoms with Crippen LogP contribution in [0.15, 0.2) is 65.4 Å². The molecule has 2 aromatic carbocycles. The molecule has 4 rings (SSSR count). The summed E-state index contributed by atoms with van der Waals surface area (Å²) in [6.45, 7) is 3.19. The molecule has 2 aromatic heterocycles. The number of carbonyl (C=O) groups is 1. The van der Waals surface area contributed by atoms with E-state index in [9.17, 15) is 4.79 Å². The molecule has 0 amide bonds. The first-order valence-electron chi connectivity index (χ1n) is 10.3. The van der Waals surface area contributed by atoms with E-state index in [1.54, 1.807) is 42.8 Å². The Bertz CT molecular complexity index is 1250. The number of ether oxygens (including phenoxy) is 1. The number of aromatic nitrogens is 1. The minimum atomic E-state index is -0.926. The van der Waals surface area contributed by atoms with Gasteiger partial charge in [0.05, 0.1) is 18.4 Å². The molecule has 0 fully saturated rings. The Morgan fingerprint density at radius 2 is 2.03 bits per heavy atom. The second kappa shape index (κ2) is 9.62. The fraction of sp³-hybridized carbons (Fsp3) is 0.200. The van der Waals surface area contributed by atoms with Crippen LogP contribution in [0.3, 0.4) is 0 Å². The van der Waals surface area contributed by atoms with Gasteiger partial charge in [0.15, 0.2) is 5.82 Å². The minimum Gasteiger partial charge on any atom is -0.489 e. The molecule has 0 spiro atoms.